The predicted octanol–water partition coefficient (Wildman–Crippen LogP) is 1.39. The Bertz CT molecular complexity index is 638. The van der Waals surface area contributed by atoms with Gasteiger partial charge in [0.1, 0.15) is 4.90 Å². The Labute approximate surface area is 168 Å². The van der Waals surface area contributed by atoms with E-state index in [1.165, 1.54) is 25.5 Å². The molecule has 1 saturated heterocycles. The number of likely N-dealkylation sites (N-methyl/N-ethyl adjacent to an activating group) is 1. The van der Waals surface area contributed by atoms with Gasteiger partial charge in [0, 0.05) is 32.5 Å². The van der Waals surface area contributed by atoms with Crippen LogP contribution in [0.25, 0.3) is 0 Å². The lowest BCUT2D eigenvalue weighted by atomic mass is 9.97. The molecule has 2 heterocycles. The van der Waals surface area contributed by atoms with E-state index >= 15 is 0 Å². The predicted molar refractivity (Wildman–Crippen MR) is 106 cm³/mol. The van der Waals surface area contributed by atoms with Crippen LogP contribution in [0, 0.1) is 5.92 Å². The van der Waals surface area contributed by atoms with Gasteiger partial charge in [-0.1, -0.05) is 6.92 Å². The summed E-state index contributed by atoms with van der Waals surface area (Å²) in [5.74, 6) is 0.442. The van der Waals surface area contributed by atoms with E-state index in [9.17, 15) is 13.2 Å². The van der Waals surface area contributed by atoms with Gasteiger partial charge in [0.25, 0.3) is 0 Å². The molecule has 0 aliphatic carbocycles. The summed E-state index contributed by atoms with van der Waals surface area (Å²) >= 11 is 0. The summed E-state index contributed by atoms with van der Waals surface area (Å²) in [7, 11) is -2.25. The van der Waals surface area contributed by atoms with E-state index in [1.807, 2.05) is 0 Å². The molecule has 7 nitrogen and oxygen atoms in total. The molecule has 0 radical (unpaired) electrons. The first-order valence-electron chi connectivity index (χ1n) is 8.30. The van der Waals surface area contributed by atoms with Gasteiger partial charge >= 0.3 is 0 Å². The number of nitrogens with one attached hydrogen (secondary N) is 1. The molecule has 1 aliphatic rings. The smallest absolute Gasteiger partial charge is 0.244 e. The second kappa shape index (κ2) is 11.7. The highest BCUT2D eigenvalue weighted by Crippen LogP contribution is 2.18. The van der Waals surface area contributed by atoms with Crippen molar-refractivity contribution in [2.75, 3.05) is 39.8 Å². The number of aromatic nitrogens is 1. The molecular weight excluding hydrogens is 399 g/mol. The highest BCUT2D eigenvalue weighted by molar-refractivity contribution is 7.89. The summed E-state index contributed by atoms with van der Waals surface area (Å²) in [5.41, 5.74) is 0. The Morgan fingerprint density at radius 3 is 2.54 bits per heavy atom. The number of nitrogens with zero attached hydrogens (tertiary/aromatic N) is 3. The fourth-order valence-electron chi connectivity index (χ4n) is 2.79. The van der Waals surface area contributed by atoms with E-state index in [0.717, 1.165) is 30.2 Å². The van der Waals surface area contributed by atoms with Crippen LogP contribution < -0.4 is 5.32 Å². The van der Waals surface area contributed by atoms with Crippen molar-refractivity contribution in [3.63, 3.8) is 0 Å². The number of carbonyl (C=O) groups is 1. The van der Waals surface area contributed by atoms with Crippen molar-refractivity contribution in [2.24, 2.45) is 5.92 Å². The molecule has 26 heavy (non-hydrogen) atoms. The average Bonchev–Trinajstić information content (AvgIpc) is 2.61. The first-order chi connectivity index (χ1) is 11.4. The zero-order valence-electron chi connectivity index (χ0n) is 15.1. The molecule has 1 fully saturated rings. The van der Waals surface area contributed by atoms with Crippen LogP contribution in [0.1, 0.15) is 19.8 Å². The summed E-state index contributed by atoms with van der Waals surface area (Å²) in [4.78, 5) is 18.1. The quantitative estimate of drug-likeness (QED) is 0.711. The van der Waals surface area contributed by atoms with Crippen LogP contribution in [0.2, 0.25) is 0 Å². The topological polar surface area (TPSA) is 82.6 Å². The second-order valence-corrected chi connectivity index (χ2v) is 8.13. The molecule has 0 spiro atoms. The van der Waals surface area contributed by atoms with Crippen molar-refractivity contribution in [2.45, 2.75) is 24.7 Å². The van der Waals surface area contributed by atoms with Crippen LogP contribution in [-0.4, -0.2) is 68.3 Å². The molecule has 1 N–H and O–H groups in total. The van der Waals surface area contributed by atoms with Crippen LogP contribution >= 0.6 is 24.8 Å². The maximum Gasteiger partial charge on any atom is 0.244 e. The van der Waals surface area contributed by atoms with E-state index in [-0.39, 0.29) is 42.2 Å². The maximum absolute atomic E-state index is 12.4. The lowest BCUT2D eigenvalue weighted by Gasteiger charge is -2.33. The molecule has 1 aromatic heterocycles. The molecule has 0 aromatic carbocycles. The second-order valence-electron chi connectivity index (χ2n) is 6.08. The first kappa shape index (κ1) is 25.1. The van der Waals surface area contributed by atoms with Gasteiger partial charge < -0.3 is 10.2 Å². The largest absolute Gasteiger partial charge is 0.342 e. The lowest BCUT2D eigenvalue weighted by Crippen LogP contribution is -2.45. The van der Waals surface area contributed by atoms with Crippen molar-refractivity contribution in [1.82, 2.24) is 19.5 Å². The zero-order valence-corrected chi connectivity index (χ0v) is 17.6. The third kappa shape index (κ3) is 6.66. The van der Waals surface area contributed by atoms with Gasteiger partial charge in [0.2, 0.25) is 15.9 Å². The normalized spacial score (nSPS) is 15.3. The van der Waals surface area contributed by atoms with Gasteiger partial charge in [-0.3, -0.25) is 9.78 Å². The summed E-state index contributed by atoms with van der Waals surface area (Å²) < 4.78 is 25.9. The number of piperidine rings is 1. The molecule has 1 aromatic rings. The SMILES string of the molecule is CCNCC1CCN(C(=O)CN(C)S(=O)(=O)c2cccnc2)CC1.Cl.Cl. The van der Waals surface area contributed by atoms with E-state index < -0.39 is 10.0 Å². The molecule has 1 amide bonds. The number of rotatable bonds is 7. The number of likely N-dealkylation sites (tertiary alicyclic amines) is 1. The van der Waals surface area contributed by atoms with Gasteiger partial charge in [0.05, 0.1) is 6.54 Å². The minimum Gasteiger partial charge on any atom is -0.342 e. The first-order valence-corrected chi connectivity index (χ1v) is 9.74. The number of carbonyl (C=O) groups excluding carboxylic acids is 1. The van der Waals surface area contributed by atoms with Crippen LogP contribution in [0.4, 0.5) is 0 Å². The van der Waals surface area contributed by atoms with Gasteiger partial charge in [0.15, 0.2) is 0 Å². The van der Waals surface area contributed by atoms with E-state index in [1.54, 1.807) is 11.0 Å². The molecule has 0 atom stereocenters. The van der Waals surface area contributed by atoms with E-state index in [4.69, 9.17) is 0 Å². The fourth-order valence-corrected chi connectivity index (χ4v) is 3.87. The fraction of sp³-hybridized carbons (Fsp3) is 0.625. The van der Waals surface area contributed by atoms with Gasteiger partial charge in [-0.15, -0.1) is 24.8 Å². The van der Waals surface area contributed by atoms with Crippen LogP contribution in [-0.2, 0) is 14.8 Å². The lowest BCUT2D eigenvalue weighted by molar-refractivity contribution is -0.132. The Hall–Kier alpha value is -0.930. The Balaban J connectivity index is 0.00000312. The molecule has 10 heteroatoms. The molecule has 2 rings (SSSR count). The minimum absolute atomic E-state index is 0. The monoisotopic (exact) mass is 426 g/mol. The zero-order chi connectivity index (χ0) is 17.6. The van der Waals surface area contributed by atoms with Gasteiger partial charge in [-0.25, -0.2) is 8.42 Å². The summed E-state index contributed by atoms with van der Waals surface area (Å²) in [6, 6.07) is 3.05. The van der Waals surface area contributed by atoms with Gasteiger partial charge in [-0.2, -0.15) is 4.31 Å². The van der Waals surface area contributed by atoms with Crippen LogP contribution in [0.5, 0.6) is 0 Å². The summed E-state index contributed by atoms with van der Waals surface area (Å²) in [6.07, 6.45) is 4.72. The number of pyridine rings is 1. The third-order valence-corrected chi connectivity index (χ3v) is 6.14. The van der Waals surface area contributed by atoms with Crippen LogP contribution in [0.15, 0.2) is 29.4 Å². The number of sulfonamides is 1. The van der Waals surface area contributed by atoms with Crippen molar-refractivity contribution in [3.8, 4) is 0 Å². The number of halogens is 2. The standard InChI is InChI=1S/C16H26N4O3S.2ClH/c1-3-17-11-14-6-9-20(10-7-14)16(21)13-19(2)24(22,23)15-5-4-8-18-12-15;;/h4-5,8,12,14,17H,3,6-7,9-11,13H2,1-2H3;2*1H. The summed E-state index contributed by atoms with van der Waals surface area (Å²) in [6.45, 7) is 5.25. The highest BCUT2D eigenvalue weighted by Gasteiger charge is 2.27. The molecule has 0 saturated carbocycles. The van der Waals surface area contributed by atoms with Crippen molar-refractivity contribution in [1.29, 1.82) is 0 Å². The van der Waals surface area contributed by atoms with E-state index in [2.05, 4.69) is 17.2 Å². The van der Waals surface area contributed by atoms with Crippen molar-refractivity contribution in [3.05, 3.63) is 24.5 Å². The molecule has 1 aliphatic heterocycles. The molecule has 0 unspecified atom stereocenters. The Morgan fingerprint density at radius 2 is 2.00 bits per heavy atom. The van der Waals surface area contributed by atoms with Gasteiger partial charge in [-0.05, 0) is 44.0 Å². The van der Waals surface area contributed by atoms with Crippen molar-refractivity contribution >= 4 is 40.7 Å². The Morgan fingerprint density at radius 1 is 1.35 bits per heavy atom. The molecule has 0 bridgehead atoms. The number of hydrogen-bond acceptors (Lipinski definition) is 5. The van der Waals surface area contributed by atoms with Crippen LogP contribution in [0.3, 0.4) is 0 Å². The summed E-state index contributed by atoms with van der Waals surface area (Å²) in [5, 5.41) is 3.34. The number of amides is 1. The van der Waals surface area contributed by atoms with E-state index in [0.29, 0.717) is 19.0 Å². The third-order valence-electron chi connectivity index (χ3n) is 4.35. The number of hydrogen-bond donors (Lipinski definition) is 1. The highest BCUT2D eigenvalue weighted by atomic mass is 35.5. The molecular formula is C16H28Cl2N4O3S. The minimum atomic E-state index is -3.68. The molecule has 150 valence electrons. The average molecular weight is 427 g/mol. The Kier molecular flexibility index (Phi) is 11.3. The maximum atomic E-state index is 12.4. The van der Waals surface area contributed by atoms with Crippen molar-refractivity contribution < 1.29 is 13.2 Å².